The van der Waals surface area contributed by atoms with Gasteiger partial charge in [0.15, 0.2) is 0 Å². The van der Waals surface area contributed by atoms with Gasteiger partial charge in [-0.05, 0) is 24.8 Å². The SMILES string of the molecule is CCCn1nc(CC2CCCCC2)c2ccccc2c1=O. The Morgan fingerprint density at radius 3 is 2.57 bits per heavy atom. The van der Waals surface area contributed by atoms with Gasteiger partial charge >= 0.3 is 0 Å². The third kappa shape index (κ3) is 3.02. The molecule has 0 spiro atoms. The highest BCUT2D eigenvalue weighted by atomic mass is 16.1. The Hall–Kier alpha value is -1.64. The highest BCUT2D eigenvalue weighted by Gasteiger charge is 2.17. The average molecular weight is 284 g/mol. The standard InChI is InChI=1S/C18H24N2O/c1-2-12-20-18(21)16-11-7-6-10-15(16)17(19-20)13-14-8-4-3-5-9-14/h6-7,10-11,14H,2-5,8-9,12-13H2,1H3. The molecule has 2 aromatic rings. The molecule has 3 rings (SSSR count). The summed E-state index contributed by atoms with van der Waals surface area (Å²) in [6.07, 6.45) is 8.64. The molecule has 0 N–H and O–H groups in total. The maximum Gasteiger partial charge on any atom is 0.274 e. The number of fused-ring (bicyclic) bond motifs is 1. The van der Waals surface area contributed by atoms with Crippen LogP contribution in [0.25, 0.3) is 10.8 Å². The van der Waals surface area contributed by atoms with E-state index in [-0.39, 0.29) is 5.56 Å². The highest BCUT2D eigenvalue weighted by molar-refractivity contribution is 5.83. The molecule has 0 atom stereocenters. The third-order valence-corrected chi connectivity index (χ3v) is 4.59. The summed E-state index contributed by atoms with van der Waals surface area (Å²) < 4.78 is 1.67. The zero-order valence-electron chi connectivity index (χ0n) is 12.8. The van der Waals surface area contributed by atoms with Crippen molar-refractivity contribution in [3.05, 3.63) is 40.3 Å². The van der Waals surface area contributed by atoms with Gasteiger partial charge in [-0.2, -0.15) is 5.10 Å². The molecule has 0 aliphatic heterocycles. The lowest BCUT2D eigenvalue weighted by Gasteiger charge is -2.22. The zero-order chi connectivity index (χ0) is 14.7. The smallest absolute Gasteiger partial charge is 0.267 e. The normalized spacial score (nSPS) is 16.4. The van der Waals surface area contributed by atoms with Crippen molar-refractivity contribution in [1.29, 1.82) is 0 Å². The van der Waals surface area contributed by atoms with Crippen LogP contribution in [0.4, 0.5) is 0 Å². The van der Waals surface area contributed by atoms with Gasteiger partial charge in [-0.1, -0.05) is 57.2 Å². The van der Waals surface area contributed by atoms with Crippen LogP contribution in [0.5, 0.6) is 0 Å². The van der Waals surface area contributed by atoms with Crippen molar-refractivity contribution in [1.82, 2.24) is 9.78 Å². The molecule has 0 unspecified atom stereocenters. The van der Waals surface area contributed by atoms with Crippen molar-refractivity contribution < 1.29 is 0 Å². The van der Waals surface area contributed by atoms with Crippen molar-refractivity contribution in [2.24, 2.45) is 5.92 Å². The van der Waals surface area contributed by atoms with Gasteiger partial charge < -0.3 is 0 Å². The minimum Gasteiger partial charge on any atom is -0.267 e. The van der Waals surface area contributed by atoms with Crippen LogP contribution in [-0.4, -0.2) is 9.78 Å². The number of aromatic nitrogens is 2. The van der Waals surface area contributed by atoms with Crippen LogP contribution in [0, 0.1) is 5.92 Å². The molecule has 1 fully saturated rings. The van der Waals surface area contributed by atoms with E-state index in [1.165, 1.54) is 32.1 Å². The molecule has 0 saturated heterocycles. The highest BCUT2D eigenvalue weighted by Crippen LogP contribution is 2.28. The van der Waals surface area contributed by atoms with Crippen LogP contribution in [-0.2, 0) is 13.0 Å². The molecule has 21 heavy (non-hydrogen) atoms. The minimum atomic E-state index is 0.0554. The van der Waals surface area contributed by atoms with Gasteiger partial charge in [0.05, 0.1) is 11.1 Å². The molecule has 1 aliphatic rings. The molecule has 1 saturated carbocycles. The number of nitrogens with zero attached hydrogens (tertiary/aromatic N) is 2. The van der Waals surface area contributed by atoms with E-state index in [0.717, 1.165) is 35.2 Å². The molecule has 1 aliphatic carbocycles. The summed E-state index contributed by atoms with van der Waals surface area (Å²) in [6, 6.07) is 7.95. The summed E-state index contributed by atoms with van der Waals surface area (Å²) in [6.45, 7) is 2.80. The molecule has 112 valence electrons. The Labute approximate surface area is 126 Å². The Morgan fingerprint density at radius 2 is 1.86 bits per heavy atom. The Balaban J connectivity index is 2.03. The number of benzene rings is 1. The van der Waals surface area contributed by atoms with Crippen LogP contribution in [0.1, 0.15) is 51.1 Å². The summed E-state index contributed by atoms with van der Waals surface area (Å²) in [5, 5.41) is 6.57. The minimum absolute atomic E-state index is 0.0554. The topological polar surface area (TPSA) is 34.9 Å². The predicted molar refractivity (Wildman–Crippen MR) is 86.6 cm³/mol. The summed E-state index contributed by atoms with van der Waals surface area (Å²) in [5.41, 5.74) is 1.17. The van der Waals surface area contributed by atoms with Crippen LogP contribution >= 0.6 is 0 Å². The second-order valence-electron chi connectivity index (χ2n) is 6.23. The maximum atomic E-state index is 12.5. The van der Waals surface area contributed by atoms with Crippen LogP contribution in [0.3, 0.4) is 0 Å². The van der Waals surface area contributed by atoms with Crippen LogP contribution in [0.15, 0.2) is 29.1 Å². The zero-order valence-corrected chi connectivity index (χ0v) is 12.8. The first-order valence-electron chi connectivity index (χ1n) is 8.28. The molecule has 1 heterocycles. The van der Waals surface area contributed by atoms with Gasteiger partial charge in [0, 0.05) is 11.9 Å². The first-order chi connectivity index (χ1) is 10.3. The van der Waals surface area contributed by atoms with E-state index in [9.17, 15) is 4.79 Å². The van der Waals surface area contributed by atoms with E-state index in [1.54, 1.807) is 4.68 Å². The number of aryl methyl sites for hydroxylation is 1. The maximum absolute atomic E-state index is 12.5. The van der Waals surface area contributed by atoms with E-state index in [4.69, 9.17) is 0 Å². The van der Waals surface area contributed by atoms with Crippen molar-refractivity contribution in [2.45, 2.75) is 58.4 Å². The largest absolute Gasteiger partial charge is 0.274 e. The molecule has 3 nitrogen and oxygen atoms in total. The average Bonchev–Trinajstić information content (AvgIpc) is 2.53. The summed E-state index contributed by atoms with van der Waals surface area (Å²) in [7, 11) is 0. The first kappa shape index (κ1) is 14.3. The fraction of sp³-hybridized carbons (Fsp3) is 0.556. The molecule has 0 radical (unpaired) electrons. The van der Waals surface area contributed by atoms with E-state index >= 15 is 0 Å². The van der Waals surface area contributed by atoms with Gasteiger partial charge in [-0.15, -0.1) is 0 Å². The monoisotopic (exact) mass is 284 g/mol. The quantitative estimate of drug-likeness (QED) is 0.852. The predicted octanol–water partition coefficient (Wildman–Crippen LogP) is 3.93. The van der Waals surface area contributed by atoms with Crippen LogP contribution in [0.2, 0.25) is 0 Å². The second-order valence-corrected chi connectivity index (χ2v) is 6.23. The molecular formula is C18H24N2O. The summed E-state index contributed by atoms with van der Waals surface area (Å²) >= 11 is 0. The van der Waals surface area contributed by atoms with Crippen LogP contribution < -0.4 is 5.56 Å². The van der Waals surface area contributed by atoms with E-state index in [1.807, 2.05) is 18.2 Å². The lowest BCUT2D eigenvalue weighted by molar-refractivity contribution is 0.352. The number of rotatable bonds is 4. The summed E-state index contributed by atoms with van der Waals surface area (Å²) in [5.74, 6) is 0.738. The van der Waals surface area contributed by atoms with E-state index < -0.39 is 0 Å². The van der Waals surface area contributed by atoms with Crippen molar-refractivity contribution in [3.8, 4) is 0 Å². The molecule has 3 heteroatoms. The number of hydrogen-bond acceptors (Lipinski definition) is 2. The van der Waals surface area contributed by atoms with Crippen molar-refractivity contribution in [2.75, 3.05) is 0 Å². The molecule has 0 amide bonds. The van der Waals surface area contributed by atoms with Gasteiger partial charge in [0.25, 0.3) is 5.56 Å². The molecular weight excluding hydrogens is 260 g/mol. The van der Waals surface area contributed by atoms with E-state index in [2.05, 4.69) is 18.1 Å². The van der Waals surface area contributed by atoms with Gasteiger partial charge in [0.2, 0.25) is 0 Å². The lowest BCUT2D eigenvalue weighted by Crippen LogP contribution is -2.25. The molecule has 1 aromatic carbocycles. The molecule has 0 bridgehead atoms. The van der Waals surface area contributed by atoms with Crippen molar-refractivity contribution >= 4 is 10.8 Å². The summed E-state index contributed by atoms with van der Waals surface area (Å²) in [4.78, 5) is 12.5. The Bertz CT molecular complexity index is 668. The first-order valence-corrected chi connectivity index (χ1v) is 8.28. The molecule has 1 aromatic heterocycles. The number of hydrogen-bond donors (Lipinski definition) is 0. The van der Waals surface area contributed by atoms with E-state index in [0.29, 0.717) is 6.54 Å². The Morgan fingerprint density at radius 1 is 1.14 bits per heavy atom. The third-order valence-electron chi connectivity index (χ3n) is 4.59. The van der Waals surface area contributed by atoms with Gasteiger partial charge in [-0.3, -0.25) is 4.79 Å². The van der Waals surface area contributed by atoms with Crippen molar-refractivity contribution in [3.63, 3.8) is 0 Å². The lowest BCUT2D eigenvalue weighted by atomic mass is 9.85. The fourth-order valence-corrected chi connectivity index (χ4v) is 3.48. The van der Waals surface area contributed by atoms with Gasteiger partial charge in [-0.25, -0.2) is 4.68 Å². The van der Waals surface area contributed by atoms with Gasteiger partial charge in [0.1, 0.15) is 0 Å². The second kappa shape index (κ2) is 6.42. The Kier molecular flexibility index (Phi) is 4.37. The fourth-order valence-electron chi connectivity index (χ4n) is 3.48.